The lowest BCUT2D eigenvalue weighted by Crippen LogP contribution is -2.33. The van der Waals surface area contributed by atoms with Crippen LogP contribution in [0.15, 0.2) is 0 Å². The molecule has 0 amide bonds. The second-order valence-electron chi connectivity index (χ2n) is 3.22. The first kappa shape index (κ1) is 15.6. The maximum atomic E-state index is 12.4. The van der Waals surface area contributed by atoms with Crippen LogP contribution in [-0.2, 0) is 9.47 Å². The first-order valence-electron chi connectivity index (χ1n) is 4.99. The third-order valence-corrected chi connectivity index (χ3v) is 1.86. The van der Waals surface area contributed by atoms with Gasteiger partial charge in [0, 0.05) is 19.8 Å². The fourth-order valence-electron chi connectivity index (χ4n) is 0.991. The number of rotatable bonds is 9. The third kappa shape index (κ3) is 6.24. The zero-order valence-corrected chi connectivity index (χ0v) is 9.10. The van der Waals surface area contributed by atoms with E-state index in [0.717, 1.165) is 0 Å². The molecule has 16 heavy (non-hydrogen) atoms. The Morgan fingerprint density at radius 1 is 1.31 bits per heavy atom. The molecule has 7 heteroatoms. The Hall–Kier alpha value is -0.400. The molecule has 0 aromatic heterocycles. The van der Waals surface area contributed by atoms with Gasteiger partial charge < -0.3 is 15.2 Å². The minimum Gasteiger partial charge on any atom is -0.377 e. The molecule has 0 aliphatic carbocycles. The highest BCUT2D eigenvalue weighted by molar-refractivity contribution is 4.68. The Labute approximate surface area is 91.9 Å². The van der Waals surface area contributed by atoms with E-state index in [-0.39, 0.29) is 19.3 Å². The van der Waals surface area contributed by atoms with Crippen molar-refractivity contribution in [2.24, 2.45) is 5.73 Å². The van der Waals surface area contributed by atoms with E-state index in [2.05, 4.69) is 4.74 Å². The maximum absolute atomic E-state index is 12.4. The predicted octanol–water partition coefficient (Wildman–Crippen LogP) is 1.66. The average Bonchev–Trinajstić information content (AvgIpc) is 2.22. The molecule has 0 heterocycles. The Kier molecular flexibility index (Phi) is 7.61. The molecule has 1 unspecified atom stereocenters. The van der Waals surface area contributed by atoms with Crippen LogP contribution in [0.5, 0.6) is 0 Å². The van der Waals surface area contributed by atoms with Crippen LogP contribution in [0.3, 0.4) is 0 Å². The van der Waals surface area contributed by atoms with E-state index in [1.54, 1.807) is 6.92 Å². The number of nitrogens with two attached hydrogens (primary N) is 1. The smallest absolute Gasteiger partial charge is 0.330 e. The van der Waals surface area contributed by atoms with E-state index >= 15 is 0 Å². The number of hydrogen-bond acceptors (Lipinski definition) is 3. The molecule has 0 aromatic carbocycles. The molecular formula is C9H17F4NO2. The quantitative estimate of drug-likeness (QED) is 0.498. The van der Waals surface area contributed by atoms with Gasteiger partial charge in [-0.05, 0) is 13.3 Å². The van der Waals surface area contributed by atoms with Crippen molar-refractivity contribution < 1.29 is 27.0 Å². The van der Waals surface area contributed by atoms with Gasteiger partial charge in [-0.2, -0.15) is 8.78 Å². The van der Waals surface area contributed by atoms with Crippen molar-refractivity contribution in [1.29, 1.82) is 0 Å². The molecule has 0 radical (unpaired) electrons. The van der Waals surface area contributed by atoms with Crippen LogP contribution in [0, 0.1) is 0 Å². The molecule has 0 fully saturated rings. The number of ether oxygens (including phenoxy) is 2. The minimum atomic E-state index is -4.09. The summed E-state index contributed by atoms with van der Waals surface area (Å²) in [4.78, 5) is 0. The Balaban J connectivity index is 3.66. The lowest BCUT2D eigenvalue weighted by atomic mass is 10.2. The van der Waals surface area contributed by atoms with Gasteiger partial charge in [-0.25, -0.2) is 8.78 Å². The van der Waals surface area contributed by atoms with E-state index in [1.165, 1.54) is 0 Å². The molecule has 98 valence electrons. The Morgan fingerprint density at radius 3 is 2.38 bits per heavy atom. The molecule has 0 aliphatic heterocycles. The highest BCUT2D eigenvalue weighted by atomic mass is 19.3. The van der Waals surface area contributed by atoms with Crippen molar-refractivity contribution in [2.45, 2.75) is 31.8 Å². The summed E-state index contributed by atoms with van der Waals surface area (Å²) in [7, 11) is 0. The number of alkyl halides is 4. The highest BCUT2D eigenvalue weighted by Gasteiger charge is 2.40. The molecule has 1 atom stereocenters. The molecule has 0 saturated heterocycles. The first-order chi connectivity index (χ1) is 7.44. The fourth-order valence-corrected chi connectivity index (χ4v) is 0.991. The van der Waals surface area contributed by atoms with Crippen LogP contribution in [-0.4, -0.2) is 44.8 Å². The summed E-state index contributed by atoms with van der Waals surface area (Å²) >= 11 is 0. The summed E-state index contributed by atoms with van der Waals surface area (Å²) in [6.07, 6.45) is -3.68. The molecule has 0 aliphatic rings. The summed E-state index contributed by atoms with van der Waals surface area (Å²) in [6, 6.07) is 0. The van der Waals surface area contributed by atoms with Crippen LogP contribution >= 0.6 is 0 Å². The molecule has 3 nitrogen and oxygen atoms in total. The molecule has 0 spiro atoms. The molecule has 0 rings (SSSR count). The fraction of sp³-hybridized carbons (Fsp3) is 1.00. The van der Waals surface area contributed by atoms with Gasteiger partial charge in [-0.3, -0.25) is 0 Å². The van der Waals surface area contributed by atoms with Gasteiger partial charge in [0.1, 0.15) is 6.61 Å². The molecule has 0 saturated carbocycles. The van der Waals surface area contributed by atoms with Gasteiger partial charge in [0.05, 0.1) is 6.10 Å². The average molecular weight is 247 g/mol. The summed E-state index contributed by atoms with van der Waals surface area (Å²) in [6.45, 7) is 1.10. The van der Waals surface area contributed by atoms with Crippen LogP contribution < -0.4 is 5.73 Å². The van der Waals surface area contributed by atoms with Gasteiger partial charge in [-0.15, -0.1) is 0 Å². The second-order valence-corrected chi connectivity index (χ2v) is 3.22. The molecule has 2 N–H and O–H groups in total. The molecule has 0 bridgehead atoms. The van der Waals surface area contributed by atoms with Crippen LogP contribution in [0.1, 0.15) is 13.3 Å². The SMILES string of the molecule is CCOC(CN)CCOCC(F)(F)C(F)F. The maximum Gasteiger partial charge on any atom is 0.330 e. The third-order valence-electron chi connectivity index (χ3n) is 1.86. The monoisotopic (exact) mass is 247 g/mol. The van der Waals surface area contributed by atoms with Crippen molar-refractivity contribution in [3.05, 3.63) is 0 Å². The van der Waals surface area contributed by atoms with Crippen LogP contribution in [0.4, 0.5) is 17.6 Å². The zero-order chi connectivity index (χ0) is 12.6. The zero-order valence-electron chi connectivity index (χ0n) is 9.10. The van der Waals surface area contributed by atoms with E-state index in [4.69, 9.17) is 10.5 Å². The summed E-state index contributed by atoms with van der Waals surface area (Å²) in [5, 5.41) is 0. The van der Waals surface area contributed by atoms with E-state index in [0.29, 0.717) is 13.0 Å². The van der Waals surface area contributed by atoms with Gasteiger partial charge in [0.15, 0.2) is 0 Å². The Bertz CT molecular complexity index is 181. The predicted molar refractivity (Wildman–Crippen MR) is 50.9 cm³/mol. The summed E-state index contributed by atoms with van der Waals surface area (Å²) in [5.74, 6) is -4.09. The topological polar surface area (TPSA) is 44.5 Å². The van der Waals surface area contributed by atoms with Gasteiger partial charge >= 0.3 is 12.3 Å². The van der Waals surface area contributed by atoms with E-state index in [9.17, 15) is 17.6 Å². The van der Waals surface area contributed by atoms with Crippen molar-refractivity contribution >= 4 is 0 Å². The second kappa shape index (κ2) is 7.81. The first-order valence-corrected chi connectivity index (χ1v) is 4.99. The van der Waals surface area contributed by atoms with E-state index < -0.39 is 19.0 Å². The van der Waals surface area contributed by atoms with Crippen molar-refractivity contribution in [1.82, 2.24) is 0 Å². The van der Waals surface area contributed by atoms with Crippen molar-refractivity contribution in [3.63, 3.8) is 0 Å². The minimum absolute atomic E-state index is 0.0792. The van der Waals surface area contributed by atoms with E-state index in [1.807, 2.05) is 0 Å². The standard InChI is InChI=1S/C9H17F4NO2/c1-2-16-7(5-14)3-4-15-6-9(12,13)8(10)11/h7-8H,2-6,14H2,1H3. The van der Waals surface area contributed by atoms with Gasteiger partial charge in [0.2, 0.25) is 0 Å². The summed E-state index contributed by atoms with van der Waals surface area (Å²) in [5.41, 5.74) is 5.33. The summed E-state index contributed by atoms with van der Waals surface area (Å²) < 4.78 is 57.8. The normalized spacial score (nSPS) is 14.4. The van der Waals surface area contributed by atoms with Gasteiger partial charge in [-0.1, -0.05) is 0 Å². The van der Waals surface area contributed by atoms with Crippen LogP contribution in [0.2, 0.25) is 0 Å². The van der Waals surface area contributed by atoms with Crippen LogP contribution in [0.25, 0.3) is 0 Å². The van der Waals surface area contributed by atoms with Crippen molar-refractivity contribution in [2.75, 3.05) is 26.4 Å². The highest BCUT2D eigenvalue weighted by Crippen LogP contribution is 2.22. The number of halogens is 4. The molecule has 0 aromatic rings. The molecular weight excluding hydrogens is 230 g/mol. The number of hydrogen-bond donors (Lipinski definition) is 1. The lowest BCUT2D eigenvalue weighted by molar-refractivity contribution is -0.167. The van der Waals surface area contributed by atoms with Crippen molar-refractivity contribution in [3.8, 4) is 0 Å². The Morgan fingerprint density at radius 2 is 1.94 bits per heavy atom. The lowest BCUT2D eigenvalue weighted by Gasteiger charge is -2.17. The largest absolute Gasteiger partial charge is 0.377 e. The van der Waals surface area contributed by atoms with Gasteiger partial charge in [0.25, 0.3) is 0 Å².